The minimum Gasteiger partial charge on any atom is -0.463 e. The molecular formula is C21H20IN5O3S. The minimum atomic E-state index is -0.335. The molecule has 1 atom stereocenters. The number of hydrogen-bond acceptors (Lipinski definition) is 8. The Morgan fingerprint density at radius 3 is 3.03 bits per heavy atom. The lowest BCUT2D eigenvalue weighted by Gasteiger charge is -2.33. The van der Waals surface area contributed by atoms with E-state index in [0.29, 0.717) is 31.1 Å². The highest BCUT2D eigenvalue weighted by Gasteiger charge is 2.30. The first-order valence-electron chi connectivity index (χ1n) is 9.67. The first-order valence-corrected chi connectivity index (χ1v) is 11.6. The van der Waals surface area contributed by atoms with Crippen LogP contribution in [0.1, 0.15) is 18.1 Å². The van der Waals surface area contributed by atoms with Crippen molar-refractivity contribution in [3.63, 3.8) is 0 Å². The van der Waals surface area contributed by atoms with Gasteiger partial charge < -0.3 is 19.4 Å². The predicted octanol–water partition coefficient (Wildman–Crippen LogP) is 3.75. The maximum Gasteiger partial charge on any atom is 0.302 e. The number of aryl methyl sites for hydroxylation is 1. The Morgan fingerprint density at radius 1 is 1.52 bits per heavy atom. The van der Waals surface area contributed by atoms with Gasteiger partial charge in [-0.05, 0) is 41.1 Å². The maximum absolute atomic E-state index is 11.2. The number of rotatable bonds is 5. The summed E-state index contributed by atoms with van der Waals surface area (Å²) < 4.78 is 11.9. The van der Waals surface area contributed by atoms with E-state index in [1.807, 2.05) is 19.1 Å². The lowest BCUT2D eigenvalue weighted by atomic mass is 10.00. The number of nitrogens with one attached hydrogen (secondary N) is 1. The van der Waals surface area contributed by atoms with Crippen LogP contribution in [0, 0.1) is 21.8 Å². The fraction of sp³-hybridized carbons (Fsp3) is 0.333. The molecule has 2 aromatic heterocycles. The van der Waals surface area contributed by atoms with Gasteiger partial charge in [0.05, 0.1) is 17.0 Å². The number of anilines is 1. The van der Waals surface area contributed by atoms with Crippen molar-refractivity contribution in [2.24, 2.45) is 0 Å². The second-order valence-electron chi connectivity index (χ2n) is 7.16. The van der Waals surface area contributed by atoms with Crippen molar-refractivity contribution >= 4 is 44.9 Å². The van der Waals surface area contributed by atoms with E-state index in [-0.39, 0.29) is 18.7 Å². The molecule has 0 saturated carbocycles. The van der Waals surface area contributed by atoms with Crippen LogP contribution in [0.15, 0.2) is 24.5 Å². The first kappa shape index (κ1) is 21.7. The van der Waals surface area contributed by atoms with Crippen LogP contribution < -0.4 is 4.90 Å². The number of thiophene rings is 1. The summed E-state index contributed by atoms with van der Waals surface area (Å²) in [7, 11) is 0. The van der Waals surface area contributed by atoms with Crippen LogP contribution in [0.2, 0.25) is 0 Å². The van der Waals surface area contributed by atoms with Crippen molar-refractivity contribution in [3.05, 3.63) is 39.2 Å². The molecule has 1 unspecified atom stereocenters. The molecule has 0 aliphatic carbocycles. The fourth-order valence-electron chi connectivity index (χ4n) is 3.52. The van der Waals surface area contributed by atoms with Gasteiger partial charge in [0.25, 0.3) is 0 Å². The maximum atomic E-state index is 11.2. The Hall–Kier alpha value is -2.49. The molecule has 8 nitrogen and oxygen atoms in total. The van der Waals surface area contributed by atoms with Crippen LogP contribution in [0.5, 0.6) is 0 Å². The fourth-order valence-corrected chi connectivity index (χ4v) is 5.71. The van der Waals surface area contributed by atoms with Gasteiger partial charge >= 0.3 is 5.97 Å². The topological polar surface area (TPSA) is 104 Å². The molecule has 0 amide bonds. The molecule has 3 heterocycles. The van der Waals surface area contributed by atoms with Gasteiger partial charge in [-0.2, -0.15) is 5.26 Å². The highest BCUT2D eigenvalue weighted by atomic mass is 127. The average molecular weight is 549 g/mol. The number of aromatic amines is 1. The summed E-state index contributed by atoms with van der Waals surface area (Å²) in [6, 6.07) is 8.62. The minimum absolute atomic E-state index is 0.191. The number of morpholine rings is 1. The number of H-pyrrole nitrogens is 1. The van der Waals surface area contributed by atoms with Crippen molar-refractivity contribution in [2.45, 2.75) is 20.0 Å². The van der Waals surface area contributed by atoms with Gasteiger partial charge in [0.2, 0.25) is 0 Å². The number of hydrogen-bond donors (Lipinski definition) is 1. The number of nitriles is 1. The second-order valence-corrected chi connectivity index (χ2v) is 9.32. The third-order valence-electron chi connectivity index (χ3n) is 4.93. The molecule has 0 bridgehead atoms. The van der Waals surface area contributed by atoms with Gasteiger partial charge in [0.1, 0.15) is 30.1 Å². The monoisotopic (exact) mass is 549 g/mol. The first-order chi connectivity index (χ1) is 15.0. The van der Waals surface area contributed by atoms with Crippen molar-refractivity contribution < 1.29 is 14.3 Å². The summed E-state index contributed by atoms with van der Waals surface area (Å²) >= 11 is 3.82. The normalized spacial score (nSPS) is 16.2. The number of ether oxygens (including phenoxy) is 2. The van der Waals surface area contributed by atoms with Crippen molar-refractivity contribution in [1.82, 2.24) is 15.2 Å². The van der Waals surface area contributed by atoms with E-state index in [1.165, 1.54) is 24.6 Å². The average Bonchev–Trinajstić information content (AvgIpc) is 3.40. The van der Waals surface area contributed by atoms with Crippen LogP contribution in [0.3, 0.4) is 0 Å². The molecule has 160 valence electrons. The quantitative estimate of drug-likeness (QED) is 0.382. The van der Waals surface area contributed by atoms with Gasteiger partial charge in [0, 0.05) is 29.1 Å². The number of nitrogens with zero attached hydrogens (tertiary/aromatic N) is 4. The third-order valence-corrected chi connectivity index (χ3v) is 7.08. The van der Waals surface area contributed by atoms with E-state index < -0.39 is 0 Å². The second kappa shape index (κ2) is 9.33. The van der Waals surface area contributed by atoms with Crippen LogP contribution in [-0.2, 0) is 14.3 Å². The van der Waals surface area contributed by atoms with E-state index >= 15 is 0 Å². The van der Waals surface area contributed by atoms with Gasteiger partial charge in [-0.1, -0.05) is 17.7 Å². The lowest BCUT2D eigenvalue weighted by Crippen LogP contribution is -2.44. The molecule has 1 aliphatic rings. The van der Waals surface area contributed by atoms with Crippen molar-refractivity contribution in [1.29, 1.82) is 5.26 Å². The molecule has 0 spiro atoms. The third kappa shape index (κ3) is 4.58. The smallest absolute Gasteiger partial charge is 0.302 e. The molecule has 0 radical (unpaired) electrons. The van der Waals surface area contributed by atoms with E-state index in [2.05, 4.69) is 54.8 Å². The predicted molar refractivity (Wildman–Crippen MR) is 126 cm³/mol. The zero-order valence-corrected chi connectivity index (χ0v) is 20.0. The molecule has 1 aromatic carbocycles. The zero-order valence-electron chi connectivity index (χ0n) is 17.0. The van der Waals surface area contributed by atoms with Crippen LogP contribution >= 0.6 is 33.9 Å². The molecule has 1 N–H and O–H groups in total. The Kier molecular flexibility index (Phi) is 6.54. The largest absolute Gasteiger partial charge is 0.463 e. The van der Waals surface area contributed by atoms with Crippen molar-refractivity contribution in [3.8, 4) is 27.9 Å². The number of esters is 1. The highest BCUT2D eigenvalue weighted by molar-refractivity contribution is 14.1. The van der Waals surface area contributed by atoms with Gasteiger partial charge in [-0.15, -0.1) is 21.5 Å². The summed E-state index contributed by atoms with van der Waals surface area (Å²) in [6.45, 7) is 5.28. The molecule has 31 heavy (non-hydrogen) atoms. The summed E-state index contributed by atoms with van der Waals surface area (Å²) in [5, 5.41) is 19.2. The summed E-state index contributed by atoms with van der Waals surface area (Å²) in [6.07, 6.45) is 1.29. The summed E-state index contributed by atoms with van der Waals surface area (Å²) in [5.41, 5.74) is 3.60. The summed E-state index contributed by atoms with van der Waals surface area (Å²) in [5.74, 6) is 0.294. The van der Waals surface area contributed by atoms with Gasteiger partial charge in [0.15, 0.2) is 5.82 Å². The molecule has 1 fully saturated rings. The molecule has 3 aromatic rings. The number of halogens is 1. The van der Waals surface area contributed by atoms with E-state index in [1.54, 1.807) is 0 Å². The van der Waals surface area contributed by atoms with Crippen LogP contribution in [0.25, 0.3) is 21.8 Å². The molecular weight excluding hydrogens is 529 g/mol. The molecule has 4 rings (SSSR count). The number of carbonyl (C=O) groups is 1. The lowest BCUT2D eigenvalue weighted by molar-refractivity contribution is -0.145. The van der Waals surface area contributed by atoms with Crippen LogP contribution in [-0.4, -0.2) is 53.6 Å². The SMILES string of the molecule is CC(=O)OCC1CN(c2sc(-c3nnc[nH]3)c(-c3ccc(C)cc3I)c2C#N)CCO1. The summed E-state index contributed by atoms with van der Waals surface area (Å²) in [4.78, 5) is 17.3. The number of carbonyl (C=O) groups excluding carboxylic acids is 1. The standard InChI is InChI=1S/C21H20IN5O3S/c1-12-3-4-15(17(22)7-12)18-16(8-23)21(31-19(18)20-24-11-25-26-20)27-5-6-29-14(9-27)10-30-13(2)28/h3-4,7,11,14H,5-6,9-10H2,1-2H3,(H,24,25,26). The number of aromatic nitrogens is 3. The van der Waals surface area contributed by atoms with E-state index in [4.69, 9.17) is 9.47 Å². The Labute approximate surface area is 197 Å². The van der Waals surface area contributed by atoms with E-state index in [9.17, 15) is 10.1 Å². The molecule has 1 saturated heterocycles. The Balaban J connectivity index is 1.79. The number of benzene rings is 1. The van der Waals surface area contributed by atoms with Gasteiger partial charge in [-0.25, -0.2) is 0 Å². The van der Waals surface area contributed by atoms with Crippen molar-refractivity contribution in [2.75, 3.05) is 31.2 Å². The highest BCUT2D eigenvalue weighted by Crippen LogP contribution is 2.47. The Morgan fingerprint density at radius 2 is 2.35 bits per heavy atom. The molecule has 10 heteroatoms. The van der Waals surface area contributed by atoms with Gasteiger partial charge in [-0.3, -0.25) is 4.79 Å². The van der Waals surface area contributed by atoms with Crippen LogP contribution in [0.4, 0.5) is 5.00 Å². The zero-order chi connectivity index (χ0) is 22.0. The van der Waals surface area contributed by atoms with E-state index in [0.717, 1.165) is 30.1 Å². The molecule has 1 aliphatic heterocycles. The Bertz CT molecular complexity index is 1140.